The fourth-order valence-electron chi connectivity index (χ4n) is 1.55. The Hall–Kier alpha value is -1.82. The Morgan fingerprint density at radius 2 is 2.20 bits per heavy atom. The van der Waals surface area contributed by atoms with Crippen molar-refractivity contribution in [3.8, 4) is 5.75 Å². The van der Waals surface area contributed by atoms with E-state index in [9.17, 15) is 9.59 Å². The van der Waals surface area contributed by atoms with E-state index in [2.05, 4.69) is 0 Å². The Bertz CT molecular complexity index is 642. The zero-order valence-corrected chi connectivity index (χ0v) is 12.2. The van der Waals surface area contributed by atoms with Crippen molar-refractivity contribution < 1.29 is 18.7 Å². The summed E-state index contributed by atoms with van der Waals surface area (Å²) in [6.07, 6.45) is 0.757. The maximum absolute atomic E-state index is 11.4. The number of carbonyl (C=O) groups excluding carboxylic acids is 1. The van der Waals surface area contributed by atoms with Gasteiger partial charge in [0.2, 0.25) is 0 Å². The lowest BCUT2D eigenvalue weighted by molar-refractivity contribution is -0.148. The van der Waals surface area contributed by atoms with E-state index in [4.69, 9.17) is 13.9 Å². The van der Waals surface area contributed by atoms with Crippen LogP contribution in [-0.4, -0.2) is 19.2 Å². The molecule has 0 amide bonds. The van der Waals surface area contributed by atoms with Gasteiger partial charge in [-0.05, 0) is 18.6 Å². The van der Waals surface area contributed by atoms with Gasteiger partial charge < -0.3 is 13.9 Å². The normalized spacial score (nSPS) is 12.3. The number of carbonyl (C=O) groups is 1. The first kappa shape index (κ1) is 14.6. The van der Waals surface area contributed by atoms with Crippen LogP contribution in [0.4, 0.5) is 0 Å². The number of benzene rings is 1. The van der Waals surface area contributed by atoms with Crippen molar-refractivity contribution in [1.82, 2.24) is 0 Å². The number of esters is 1. The van der Waals surface area contributed by atoms with Crippen molar-refractivity contribution in [3.05, 3.63) is 27.9 Å². The monoisotopic (exact) mass is 296 g/mol. The second kappa shape index (κ2) is 6.56. The van der Waals surface area contributed by atoms with Crippen LogP contribution in [0.5, 0.6) is 5.75 Å². The molecule has 2 rings (SSSR count). The molecule has 1 aromatic heterocycles. The molecule has 0 saturated carbocycles. The van der Waals surface area contributed by atoms with Gasteiger partial charge in [-0.1, -0.05) is 25.2 Å². The first-order chi connectivity index (χ1) is 9.60. The van der Waals surface area contributed by atoms with Gasteiger partial charge in [0.15, 0.2) is 5.58 Å². The molecular weight excluding hydrogens is 280 g/mol. The van der Waals surface area contributed by atoms with Crippen molar-refractivity contribution in [1.29, 1.82) is 0 Å². The Morgan fingerprint density at radius 3 is 2.95 bits per heavy atom. The highest BCUT2D eigenvalue weighted by Gasteiger charge is 2.11. The van der Waals surface area contributed by atoms with Crippen LogP contribution in [0, 0.1) is 5.92 Å². The number of hydrogen-bond acceptors (Lipinski definition) is 6. The van der Waals surface area contributed by atoms with E-state index in [-0.39, 0.29) is 30.0 Å². The smallest absolute Gasteiger partial charge is 0.396 e. The lowest BCUT2D eigenvalue weighted by Gasteiger charge is -2.10. The van der Waals surface area contributed by atoms with Crippen LogP contribution in [0.1, 0.15) is 20.3 Å². The highest BCUT2D eigenvalue weighted by Crippen LogP contribution is 2.22. The summed E-state index contributed by atoms with van der Waals surface area (Å²) in [5.74, 6) is 0.278. The van der Waals surface area contributed by atoms with E-state index in [1.54, 1.807) is 18.2 Å². The fraction of sp³-hybridized carbons (Fsp3) is 0.429. The molecule has 0 aliphatic heterocycles. The molecule has 1 unspecified atom stereocenters. The van der Waals surface area contributed by atoms with Gasteiger partial charge in [-0.3, -0.25) is 4.79 Å². The molecule has 0 spiro atoms. The summed E-state index contributed by atoms with van der Waals surface area (Å²) in [6.45, 7) is 4.23. The Labute approximate surface area is 120 Å². The lowest BCUT2D eigenvalue weighted by Crippen LogP contribution is -2.17. The second-order valence-electron chi connectivity index (χ2n) is 4.39. The molecule has 2 aromatic rings. The van der Waals surface area contributed by atoms with Crippen LogP contribution in [0.25, 0.3) is 10.3 Å². The molecule has 108 valence electrons. The topological polar surface area (TPSA) is 65.7 Å². The molecule has 6 heteroatoms. The van der Waals surface area contributed by atoms with E-state index >= 15 is 0 Å². The molecular formula is C14H16O5S. The maximum Gasteiger partial charge on any atom is 0.396 e. The summed E-state index contributed by atoms with van der Waals surface area (Å²) in [4.78, 5) is 22.2. The molecule has 20 heavy (non-hydrogen) atoms. The molecule has 0 radical (unpaired) electrons. The van der Waals surface area contributed by atoms with Crippen LogP contribution in [-0.2, 0) is 9.53 Å². The Morgan fingerprint density at radius 1 is 1.40 bits per heavy atom. The van der Waals surface area contributed by atoms with Crippen molar-refractivity contribution in [2.75, 3.05) is 13.2 Å². The maximum atomic E-state index is 11.4. The highest BCUT2D eigenvalue weighted by molar-refractivity contribution is 7.16. The van der Waals surface area contributed by atoms with E-state index in [1.807, 2.05) is 13.8 Å². The zero-order valence-electron chi connectivity index (χ0n) is 11.4. The Kier molecular flexibility index (Phi) is 4.79. The number of fused-ring (bicyclic) bond motifs is 1. The average molecular weight is 296 g/mol. The lowest BCUT2D eigenvalue weighted by atomic mass is 10.1. The first-order valence-electron chi connectivity index (χ1n) is 6.43. The quantitative estimate of drug-likeness (QED) is 0.606. The van der Waals surface area contributed by atoms with Gasteiger partial charge in [-0.15, -0.1) is 0 Å². The molecule has 0 fully saturated rings. The highest BCUT2D eigenvalue weighted by atomic mass is 32.1. The van der Waals surface area contributed by atoms with E-state index in [0.717, 1.165) is 22.5 Å². The molecule has 0 saturated heterocycles. The van der Waals surface area contributed by atoms with Crippen molar-refractivity contribution >= 4 is 27.6 Å². The molecule has 1 atom stereocenters. The summed E-state index contributed by atoms with van der Waals surface area (Å²) in [6, 6.07) is 5.18. The third-order valence-electron chi connectivity index (χ3n) is 2.91. The predicted octanol–water partition coefficient (Wildman–Crippen LogP) is 2.82. The second-order valence-corrected chi connectivity index (χ2v) is 5.37. The van der Waals surface area contributed by atoms with E-state index in [1.165, 1.54) is 0 Å². The van der Waals surface area contributed by atoms with Gasteiger partial charge in [0.25, 0.3) is 0 Å². The summed E-state index contributed by atoms with van der Waals surface area (Å²) < 4.78 is 16.3. The van der Waals surface area contributed by atoms with Gasteiger partial charge in [0.1, 0.15) is 19.0 Å². The molecule has 1 aromatic carbocycles. The predicted molar refractivity (Wildman–Crippen MR) is 76.3 cm³/mol. The summed E-state index contributed by atoms with van der Waals surface area (Å²) in [5, 5.41) is 0. The van der Waals surface area contributed by atoms with E-state index < -0.39 is 0 Å². The van der Waals surface area contributed by atoms with Crippen molar-refractivity contribution in [2.45, 2.75) is 20.3 Å². The molecule has 0 aliphatic carbocycles. The third kappa shape index (κ3) is 3.60. The number of ether oxygens (including phenoxy) is 2. The third-order valence-corrected chi connectivity index (χ3v) is 3.72. The fourth-order valence-corrected chi connectivity index (χ4v) is 2.20. The van der Waals surface area contributed by atoms with Gasteiger partial charge in [0.05, 0.1) is 10.6 Å². The molecule has 1 heterocycles. The number of hydrogen-bond donors (Lipinski definition) is 0. The molecule has 0 N–H and O–H groups in total. The van der Waals surface area contributed by atoms with Crippen LogP contribution in [0.15, 0.2) is 27.4 Å². The van der Waals surface area contributed by atoms with Crippen LogP contribution < -0.4 is 9.68 Å². The minimum absolute atomic E-state index is 0.0913. The van der Waals surface area contributed by atoms with Crippen molar-refractivity contribution in [3.63, 3.8) is 0 Å². The van der Waals surface area contributed by atoms with Crippen LogP contribution in [0.2, 0.25) is 0 Å². The van der Waals surface area contributed by atoms with Crippen LogP contribution >= 0.6 is 11.3 Å². The SMILES string of the molecule is CCC(C)C(=O)OCCOc1ccc2sc(=O)oc2c1. The molecule has 5 nitrogen and oxygen atoms in total. The summed E-state index contributed by atoms with van der Waals surface area (Å²) in [5.41, 5.74) is 0.508. The molecule has 0 bridgehead atoms. The van der Waals surface area contributed by atoms with E-state index in [0.29, 0.717) is 11.3 Å². The van der Waals surface area contributed by atoms with Crippen molar-refractivity contribution in [2.24, 2.45) is 5.92 Å². The largest absolute Gasteiger partial charge is 0.490 e. The first-order valence-corrected chi connectivity index (χ1v) is 7.25. The average Bonchev–Trinajstić information content (AvgIpc) is 2.81. The standard InChI is InChI=1S/C14H16O5S/c1-3-9(2)13(15)18-7-6-17-10-4-5-12-11(8-10)19-14(16)20-12/h4-5,8-9H,3,6-7H2,1-2H3. The summed E-state index contributed by atoms with van der Waals surface area (Å²) >= 11 is 1.05. The van der Waals surface area contributed by atoms with Gasteiger partial charge in [0, 0.05) is 6.07 Å². The molecule has 0 aliphatic rings. The van der Waals surface area contributed by atoms with Crippen LogP contribution in [0.3, 0.4) is 0 Å². The van der Waals surface area contributed by atoms with Gasteiger partial charge >= 0.3 is 10.9 Å². The zero-order chi connectivity index (χ0) is 14.5. The Balaban J connectivity index is 1.84. The number of rotatable bonds is 6. The minimum Gasteiger partial charge on any atom is -0.490 e. The van der Waals surface area contributed by atoms with Gasteiger partial charge in [-0.25, -0.2) is 4.79 Å². The van der Waals surface area contributed by atoms with Gasteiger partial charge in [-0.2, -0.15) is 0 Å². The summed E-state index contributed by atoms with van der Waals surface area (Å²) in [7, 11) is 0. The minimum atomic E-state index is -0.334.